The van der Waals surface area contributed by atoms with Crippen LogP contribution in [0.15, 0.2) is 173 Å². The zero-order valence-corrected chi connectivity index (χ0v) is 26.7. The Kier molecular flexibility index (Phi) is 6.42. The summed E-state index contributed by atoms with van der Waals surface area (Å²) in [5.74, 6) is 1.84. The molecule has 0 N–H and O–H groups in total. The van der Waals surface area contributed by atoms with Gasteiger partial charge in [-0.05, 0) is 70.8 Å². The van der Waals surface area contributed by atoms with Gasteiger partial charge in [-0.3, -0.25) is 0 Å². The molecule has 5 nitrogen and oxygen atoms in total. The second-order valence-electron chi connectivity index (χ2n) is 12.4. The van der Waals surface area contributed by atoms with E-state index in [9.17, 15) is 0 Å². The number of hydrogen-bond acceptors (Lipinski definition) is 5. The first-order valence-electron chi connectivity index (χ1n) is 16.6. The van der Waals surface area contributed by atoms with E-state index in [0.717, 1.165) is 82.8 Å². The molecule has 0 aliphatic heterocycles. The molecule has 0 saturated heterocycles. The van der Waals surface area contributed by atoms with Crippen LogP contribution in [0.1, 0.15) is 0 Å². The number of para-hydroxylation sites is 2. The first-order chi connectivity index (χ1) is 24.7. The SMILES string of the molecule is c1ccc(-c2nc(-c3ccccc3)nc(-c3cc(-c4ccc5oc6ccccc6c5c4)cc(-c4cccc5oc6ccccc6c45)c3)n2)cc1. The van der Waals surface area contributed by atoms with Crippen LogP contribution < -0.4 is 0 Å². The van der Waals surface area contributed by atoms with Crippen molar-refractivity contribution in [3.8, 4) is 56.4 Å². The number of fused-ring (bicyclic) bond motifs is 6. The molecule has 0 fully saturated rings. The van der Waals surface area contributed by atoms with Crippen LogP contribution in [-0.4, -0.2) is 15.0 Å². The topological polar surface area (TPSA) is 65.0 Å². The summed E-state index contributed by atoms with van der Waals surface area (Å²) in [6.07, 6.45) is 0. The molecule has 3 heterocycles. The predicted octanol–water partition coefficient (Wildman–Crippen LogP) is 12.0. The van der Waals surface area contributed by atoms with Crippen molar-refractivity contribution in [1.29, 1.82) is 0 Å². The number of benzene rings is 7. The number of aromatic nitrogens is 3. The highest BCUT2D eigenvalue weighted by Crippen LogP contribution is 2.41. The van der Waals surface area contributed by atoms with Gasteiger partial charge in [0.1, 0.15) is 22.3 Å². The normalized spacial score (nSPS) is 11.6. The monoisotopic (exact) mass is 641 g/mol. The van der Waals surface area contributed by atoms with Crippen LogP contribution in [0, 0.1) is 0 Å². The Balaban J connectivity index is 1.25. The number of furan rings is 2. The maximum Gasteiger partial charge on any atom is 0.164 e. The van der Waals surface area contributed by atoms with Gasteiger partial charge < -0.3 is 8.83 Å². The van der Waals surface area contributed by atoms with Gasteiger partial charge in [0, 0.05) is 38.2 Å². The van der Waals surface area contributed by atoms with Crippen molar-refractivity contribution in [2.24, 2.45) is 0 Å². The number of nitrogens with zero attached hydrogens (tertiary/aromatic N) is 3. The van der Waals surface area contributed by atoms with Gasteiger partial charge in [-0.15, -0.1) is 0 Å². The van der Waals surface area contributed by atoms with E-state index in [2.05, 4.69) is 66.7 Å². The maximum absolute atomic E-state index is 6.31. The highest BCUT2D eigenvalue weighted by molar-refractivity contribution is 6.13. The van der Waals surface area contributed by atoms with Gasteiger partial charge in [0.15, 0.2) is 17.5 Å². The summed E-state index contributed by atoms with van der Waals surface area (Å²) >= 11 is 0. The van der Waals surface area contributed by atoms with E-state index in [1.54, 1.807) is 0 Å². The van der Waals surface area contributed by atoms with Gasteiger partial charge in [0.05, 0.1) is 0 Å². The van der Waals surface area contributed by atoms with E-state index < -0.39 is 0 Å². The van der Waals surface area contributed by atoms with E-state index in [-0.39, 0.29) is 0 Å². The summed E-state index contributed by atoms with van der Waals surface area (Å²) in [6.45, 7) is 0. The second kappa shape index (κ2) is 11.4. The first-order valence-corrected chi connectivity index (χ1v) is 16.6. The van der Waals surface area contributed by atoms with Crippen LogP contribution >= 0.6 is 0 Å². The van der Waals surface area contributed by atoms with Gasteiger partial charge in [0.25, 0.3) is 0 Å². The molecule has 0 unspecified atom stereocenters. The van der Waals surface area contributed by atoms with Crippen molar-refractivity contribution in [3.05, 3.63) is 164 Å². The third-order valence-corrected chi connectivity index (χ3v) is 9.31. The molecule has 5 heteroatoms. The Labute approximate surface area is 287 Å². The van der Waals surface area contributed by atoms with E-state index in [0.29, 0.717) is 17.5 Å². The molecule has 0 radical (unpaired) electrons. The van der Waals surface area contributed by atoms with Crippen LogP contribution in [0.3, 0.4) is 0 Å². The molecule has 3 aromatic heterocycles. The molecule has 0 saturated carbocycles. The highest BCUT2D eigenvalue weighted by Gasteiger charge is 2.18. The quantitative estimate of drug-likeness (QED) is 0.187. The third kappa shape index (κ3) is 4.75. The molecule has 0 bridgehead atoms. The molecule has 0 spiro atoms. The summed E-state index contributed by atoms with van der Waals surface area (Å²) in [5, 5.41) is 4.32. The number of rotatable bonds is 5. The molecule has 7 aromatic carbocycles. The molecule has 234 valence electrons. The molecule has 0 atom stereocenters. The molecule has 10 aromatic rings. The van der Waals surface area contributed by atoms with Crippen LogP contribution in [0.2, 0.25) is 0 Å². The fraction of sp³-hybridized carbons (Fsp3) is 0. The van der Waals surface area contributed by atoms with Crippen LogP contribution in [0.4, 0.5) is 0 Å². The fourth-order valence-electron chi connectivity index (χ4n) is 6.94. The summed E-state index contributed by atoms with van der Waals surface area (Å²) < 4.78 is 12.5. The average Bonchev–Trinajstić information content (AvgIpc) is 3.76. The molecule has 50 heavy (non-hydrogen) atoms. The maximum atomic E-state index is 6.31. The summed E-state index contributed by atoms with van der Waals surface area (Å²) in [5.41, 5.74) is 10.4. The zero-order valence-electron chi connectivity index (χ0n) is 26.7. The lowest BCUT2D eigenvalue weighted by atomic mass is 9.93. The Morgan fingerprint density at radius 2 is 0.820 bits per heavy atom. The molecule has 0 aliphatic rings. The second-order valence-corrected chi connectivity index (χ2v) is 12.4. The van der Waals surface area contributed by atoms with Crippen LogP contribution in [-0.2, 0) is 0 Å². The minimum atomic E-state index is 0.597. The van der Waals surface area contributed by atoms with E-state index >= 15 is 0 Å². The van der Waals surface area contributed by atoms with Crippen LogP contribution in [0.5, 0.6) is 0 Å². The Morgan fingerprint density at radius 1 is 0.300 bits per heavy atom. The summed E-state index contributed by atoms with van der Waals surface area (Å²) in [7, 11) is 0. The zero-order chi connectivity index (χ0) is 33.0. The van der Waals surface area contributed by atoms with Crippen molar-refractivity contribution >= 4 is 43.9 Å². The summed E-state index contributed by atoms with van der Waals surface area (Å²) in [6, 6.07) is 55.8. The van der Waals surface area contributed by atoms with Gasteiger partial charge in [-0.1, -0.05) is 115 Å². The van der Waals surface area contributed by atoms with Crippen molar-refractivity contribution in [2.45, 2.75) is 0 Å². The van der Waals surface area contributed by atoms with E-state index in [1.807, 2.05) is 97.1 Å². The van der Waals surface area contributed by atoms with Crippen LogP contribution in [0.25, 0.3) is 100 Å². The van der Waals surface area contributed by atoms with Crippen molar-refractivity contribution in [3.63, 3.8) is 0 Å². The van der Waals surface area contributed by atoms with Gasteiger partial charge >= 0.3 is 0 Å². The lowest BCUT2D eigenvalue weighted by Crippen LogP contribution is -2.00. The van der Waals surface area contributed by atoms with Gasteiger partial charge in [-0.25, -0.2) is 15.0 Å². The molecular weight excluding hydrogens is 615 g/mol. The highest BCUT2D eigenvalue weighted by atomic mass is 16.3. The van der Waals surface area contributed by atoms with E-state index in [1.165, 1.54) is 0 Å². The molecule has 0 amide bonds. The Hall–Kier alpha value is -6.85. The lowest BCUT2D eigenvalue weighted by Gasteiger charge is -2.13. The minimum Gasteiger partial charge on any atom is -0.456 e. The smallest absolute Gasteiger partial charge is 0.164 e. The predicted molar refractivity (Wildman–Crippen MR) is 202 cm³/mol. The molecular formula is C45H27N3O2. The van der Waals surface area contributed by atoms with Crippen molar-refractivity contribution in [2.75, 3.05) is 0 Å². The van der Waals surface area contributed by atoms with Gasteiger partial charge in [-0.2, -0.15) is 0 Å². The van der Waals surface area contributed by atoms with Crippen molar-refractivity contribution in [1.82, 2.24) is 15.0 Å². The van der Waals surface area contributed by atoms with Gasteiger partial charge in [0.2, 0.25) is 0 Å². The first kappa shape index (κ1) is 28.2. The van der Waals surface area contributed by atoms with Crippen molar-refractivity contribution < 1.29 is 8.83 Å². The molecule has 10 rings (SSSR count). The molecule has 0 aliphatic carbocycles. The largest absolute Gasteiger partial charge is 0.456 e. The lowest BCUT2D eigenvalue weighted by molar-refractivity contribution is 0.668. The fourth-order valence-corrected chi connectivity index (χ4v) is 6.94. The Morgan fingerprint density at radius 3 is 1.54 bits per heavy atom. The standard InChI is InChI=1S/C45H27N3O2/c1-3-12-28(13-4-1)43-46-44(29-14-5-2-6-15-29)48-45(47-43)33-25-31(30-22-23-40-37(27-30)35-16-7-9-19-38(35)49-40)24-32(26-33)34-18-11-21-41-42(34)36-17-8-10-20-39(36)50-41/h1-27H. The summed E-state index contributed by atoms with van der Waals surface area (Å²) in [4.78, 5) is 15.1. The minimum absolute atomic E-state index is 0.597. The third-order valence-electron chi connectivity index (χ3n) is 9.31. The Bertz CT molecular complexity index is 2810. The average molecular weight is 642 g/mol. The number of hydrogen-bond donors (Lipinski definition) is 0. The van der Waals surface area contributed by atoms with E-state index in [4.69, 9.17) is 23.8 Å².